The molecular formula is C16H23NO3. The van der Waals surface area contributed by atoms with Crippen molar-refractivity contribution in [2.45, 2.75) is 40.2 Å². The molecule has 0 radical (unpaired) electrons. The van der Waals surface area contributed by atoms with Gasteiger partial charge in [-0.2, -0.15) is 0 Å². The Labute approximate surface area is 120 Å². The minimum absolute atomic E-state index is 0.0204. The highest BCUT2D eigenvalue weighted by Crippen LogP contribution is 2.13. The van der Waals surface area contributed by atoms with Gasteiger partial charge in [0.05, 0.1) is 6.04 Å². The third-order valence-corrected chi connectivity index (χ3v) is 3.13. The Balaban J connectivity index is 2.84. The number of hydrogen-bond acceptors (Lipinski definition) is 3. The van der Waals surface area contributed by atoms with Crippen LogP contribution >= 0.6 is 0 Å². The maximum Gasteiger partial charge on any atom is 0.223 e. The van der Waals surface area contributed by atoms with Gasteiger partial charge in [0.15, 0.2) is 5.78 Å². The molecular weight excluding hydrogens is 254 g/mol. The van der Waals surface area contributed by atoms with Crippen molar-refractivity contribution in [3.63, 3.8) is 0 Å². The second-order valence-corrected chi connectivity index (χ2v) is 5.64. The van der Waals surface area contributed by atoms with E-state index in [9.17, 15) is 14.7 Å². The number of ketones is 1. The van der Waals surface area contributed by atoms with Gasteiger partial charge in [0, 0.05) is 11.8 Å². The Bertz CT molecular complexity index is 463. The molecule has 0 heterocycles. The molecule has 1 amide bonds. The second-order valence-electron chi connectivity index (χ2n) is 5.64. The Morgan fingerprint density at radius 2 is 1.60 bits per heavy atom. The zero-order valence-corrected chi connectivity index (χ0v) is 12.5. The van der Waals surface area contributed by atoms with Gasteiger partial charge in [-0.3, -0.25) is 9.59 Å². The predicted molar refractivity (Wildman–Crippen MR) is 78.4 cm³/mol. The first-order valence-corrected chi connectivity index (χ1v) is 6.93. The Morgan fingerprint density at radius 1 is 1.05 bits per heavy atom. The number of Topliss-reactive ketones (excluding diaryl/α,β-unsaturated/α-hetero) is 1. The molecule has 0 spiro atoms. The standard InChI is InChI=1S/C16H23NO3/c1-10(2)15(19)14(17-16(20)11(3)4)9-12-5-7-13(18)8-6-12/h5-8,10-11,14,18H,9H2,1-4H3,(H,17,20). The van der Waals surface area contributed by atoms with Crippen molar-refractivity contribution >= 4 is 11.7 Å². The quantitative estimate of drug-likeness (QED) is 0.838. The highest BCUT2D eigenvalue weighted by molar-refractivity contribution is 5.90. The molecule has 1 atom stereocenters. The van der Waals surface area contributed by atoms with E-state index in [2.05, 4.69) is 5.32 Å². The van der Waals surface area contributed by atoms with E-state index in [4.69, 9.17) is 0 Å². The Hall–Kier alpha value is -1.84. The number of hydrogen-bond donors (Lipinski definition) is 2. The highest BCUT2D eigenvalue weighted by atomic mass is 16.3. The van der Waals surface area contributed by atoms with Crippen molar-refractivity contribution in [3.05, 3.63) is 29.8 Å². The van der Waals surface area contributed by atoms with Crippen LogP contribution in [0.1, 0.15) is 33.3 Å². The summed E-state index contributed by atoms with van der Waals surface area (Å²) in [6.45, 7) is 7.25. The van der Waals surface area contributed by atoms with Crippen LogP contribution in [0.5, 0.6) is 5.75 Å². The van der Waals surface area contributed by atoms with Crippen LogP contribution in [0.4, 0.5) is 0 Å². The van der Waals surface area contributed by atoms with Gasteiger partial charge >= 0.3 is 0 Å². The highest BCUT2D eigenvalue weighted by Gasteiger charge is 2.24. The third kappa shape index (κ3) is 4.68. The van der Waals surface area contributed by atoms with Crippen molar-refractivity contribution in [2.24, 2.45) is 11.8 Å². The van der Waals surface area contributed by atoms with Crippen LogP contribution in [-0.4, -0.2) is 22.8 Å². The molecule has 2 N–H and O–H groups in total. The SMILES string of the molecule is CC(C)C(=O)NC(Cc1ccc(O)cc1)C(=O)C(C)C. The number of carbonyl (C=O) groups excluding carboxylic acids is 2. The van der Waals surface area contributed by atoms with E-state index in [0.717, 1.165) is 5.56 Å². The maximum absolute atomic E-state index is 12.2. The number of rotatable bonds is 6. The third-order valence-electron chi connectivity index (χ3n) is 3.13. The van der Waals surface area contributed by atoms with Gasteiger partial charge in [-0.1, -0.05) is 39.8 Å². The van der Waals surface area contributed by atoms with Gasteiger partial charge in [0.2, 0.25) is 5.91 Å². The molecule has 4 nitrogen and oxygen atoms in total. The van der Waals surface area contributed by atoms with Crippen LogP contribution in [-0.2, 0) is 16.0 Å². The molecule has 110 valence electrons. The van der Waals surface area contributed by atoms with Crippen LogP contribution < -0.4 is 5.32 Å². The smallest absolute Gasteiger partial charge is 0.223 e. The zero-order chi connectivity index (χ0) is 15.3. The minimum atomic E-state index is -0.519. The lowest BCUT2D eigenvalue weighted by Gasteiger charge is -2.21. The van der Waals surface area contributed by atoms with Gasteiger partial charge in [-0.15, -0.1) is 0 Å². The molecule has 0 saturated carbocycles. The number of phenolic OH excluding ortho intramolecular Hbond substituents is 1. The number of phenols is 1. The van der Waals surface area contributed by atoms with Crippen molar-refractivity contribution in [1.82, 2.24) is 5.32 Å². The normalized spacial score (nSPS) is 12.5. The first-order valence-electron chi connectivity index (χ1n) is 6.93. The number of benzene rings is 1. The van der Waals surface area contributed by atoms with Gasteiger partial charge in [0.25, 0.3) is 0 Å². The van der Waals surface area contributed by atoms with E-state index in [0.29, 0.717) is 6.42 Å². The molecule has 20 heavy (non-hydrogen) atoms. The fourth-order valence-electron chi connectivity index (χ4n) is 1.83. The lowest BCUT2D eigenvalue weighted by atomic mass is 9.95. The molecule has 0 aliphatic rings. The van der Waals surface area contributed by atoms with Gasteiger partial charge in [-0.25, -0.2) is 0 Å². The average Bonchev–Trinajstić information content (AvgIpc) is 2.39. The van der Waals surface area contributed by atoms with Crippen LogP contribution in [0.25, 0.3) is 0 Å². The second kappa shape index (κ2) is 7.08. The largest absolute Gasteiger partial charge is 0.508 e. The molecule has 0 aromatic heterocycles. The fourth-order valence-corrected chi connectivity index (χ4v) is 1.83. The summed E-state index contributed by atoms with van der Waals surface area (Å²) in [6, 6.07) is 6.16. The summed E-state index contributed by atoms with van der Waals surface area (Å²) in [7, 11) is 0. The fraction of sp³-hybridized carbons (Fsp3) is 0.500. The molecule has 0 aliphatic carbocycles. The summed E-state index contributed by atoms with van der Waals surface area (Å²) >= 11 is 0. The van der Waals surface area contributed by atoms with Crippen LogP contribution in [0.2, 0.25) is 0 Å². The average molecular weight is 277 g/mol. The van der Waals surface area contributed by atoms with E-state index in [-0.39, 0.29) is 29.3 Å². The number of carbonyl (C=O) groups is 2. The molecule has 0 bridgehead atoms. The molecule has 1 aromatic carbocycles. The van der Waals surface area contributed by atoms with Gasteiger partial charge in [-0.05, 0) is 24.1 Å². The van der Waals surface area contributed by atoms with Crippen molar-refractivity contribution in [3.8, 4) is 5.75 Å². The van der Waals surface area contributed by atoms with E-state index >= 15 is 0 Å². The van der Waals surface area contributed by atoms with Crippen molar-refractivity contribution < 1.29 is 14.7 Å². The van der Waals surface area contributed by atoms with E-state index in [1.165, 1.54) is 0 Å². The van der Waals surface area contributed by atoms with E-state index < -0.39 is 6.04 Å². The number of aromatic hydroxyl groups is 1. The Morgan fingerprint density at radius 3 is 2.05 bits per heavy atom. The molecule has 0 fully saturated rings. The summed E-state index contributed by atoms with van der Waals surface area (Å²) in [5, 5.41) is 12.1. The van der Waals surface area contributed by atoms with Crippen molar-refractivity contribution in [2.75, 3.05) is 0 Å². The van der Waals surface area contributed by atoms with Crippen LogP contribution in [0, 0.1) is 11.8 Å². The number of amides is 1. The minimum Gasteiger partial charge on any atom is -0.508 e. The predicted octanol–water partition coefficient (Wildman–Crippen LogP) is 2.30. The Kier molecular flexibility index (Phi) is 5.74. The van der Waals surface area contributed by atoms with Gasteiger partial charge in [0.1, 0.15) is 5.75 Å². The first kappa shape index (κ1) is 16.2. The lowest BCUT2D eigenvalue weighted by Crippen LogP contribution is -2.45. The monoisotopic (exact) mass is 277 g/mol. The maximum atomic E-state index is 12.2. The lowest BCUT2D eigenvalue weighted by molar-refractivity contribution is -0.130. The summed E-state index contributed by atoms with van der Waals surface area (Å²) < 4.78 is 0. The summed E-state index contributed by atoms with van der Waals surface area (Å²) in [4.78, 5) is 24.0. The molecule has 1 unspecified atom stereocenters. The molecule has 1 rings (SSSR count). The van der Waals surface area contributed by atoms with Gasteiger partial charge < -0.3 is 10.4 Å². The van der Waals surface area contributed by atoms with E-state index in [1.54, 1.807) is 38.1 Å². The van der Waals surface area contributed by atoms with E-state index in [1.807, 2.05) is 13.8 Å². The molecule has 1 aromatic rings. The summed E-state index contributed by atoms with van der Waals surface area (Å²) in [6.07, 6.45) is 0.440. The summed E-state index contributed by atoms with van der Waals surface area (Å²) in [5.74, 6) is -0.205. The molecule has 0 saturated heterocycles. The van der Waals surface area contributed by atoms with Crippen molar-refractivity contribution in [1.29, 1.82) is 0 Å². The zero-order valence-electron chi connectivity index (χ0n) is 12.5. The topological polar surface area (TPSA) is 66.4 Å². The summed E-state index contributed by atoms with van der Waals surface area (Å²) in [5.41, 5.74) is 0.908. The van der Waals surface area contributed by atoms with Crippen LogP contribution in [0.15, 0.2) is 24.3 Å². The molecule has 4 heteroatoms. The number of nitrogens with one attached hydrogen (secondary N) is 1. The molecule has 0 aliphatic heterocycles. The first-order chi connectivity index (χ1) is 9.31. The van der Waals surface area contributed by atoms with Crippen LogP contribution in [0.3, 0.4) is 0 Å².